The van der Waals surface area contributed by atoms with E-state index in [1.54, 1.807) is 60.4 Å². The minimum atomic E-state index is -1.66. The van der Waals surface area contributed by atoms with Crippen LogP contribution in [0.2, 0.25) is 5.02 Å². The summed E-state index contributed by atoms with van der Waals surface area (Å²) in [4.78, 5) is 42.3. The maximum atomic E-state index is 13.7. The van der Waals surface area contributed by atoms with Crippen LogP contribution < -0.4 is 16.0 Å². The highest BCUT2D eigenvalue weighted by atomic mass is 35.5. The minimum absolute atomic E-state index is 0.0456. The van der Waals surface area contributed by atoms with Gasteiger partial charge in [0.1, 0.15) is 16.8 Å². The van der Waals surface area contributed by atoms with Gasteiger partial charge in [-0.25, -0.2) is 4.79 Å². The third kappa shape index (κ3) is 2.92. The van der Waals surface area contributed by atoms with Crippen LogP contribution >= 0.6 is 11.6 Å². The van der Waals surface area contributed by atoms with E-state index >= 15 is 0 Å². The van der Waals surface area contributed by atoms with E-state index in [2.05, 4.69) is 5.32 Å². The third-order valence-corrected chi connectivity index (χ3v) is 6.64. The summed E-state index contributed by atoms with van der Waals surface area (Å²) in [6, 6.07) is 14.0. The van der Waals surface area contributed by atoms with Crippen molar-refractivity contribution >= 4 is 40.6 Å². The summed E-state index contributed by atoms with van der Waals surface area (Å²) in [7, 11) is 0. The minimum Gasteiger partial charge on any atom is -0.462 e. The Morgan fingerprint density at radius 1 is 1.15 bits per heavy atom. The van der Waals surface area contributed by atoms with E-state index < -0.39 is 17.3 Å². The Hall–Kier alpha value is -3.58. The van der Waals surface area contributed by atoms with Gasteiger partial charge in [-0.2, -0.15) is 0 Å². The Labute approximate surface area is 195 Å². The van der Waals surface area contributed by atoms with Crippen LogP contribution in [0.5, 0.6) is 0 Å². The van der Waals surface area contributed by atoms with Gasteiger partial charge in [-0.1, -0.05) is 29.8 Å². The fraction of sp³-hybridized carbons (Fsp3) is 0.240. The Bertz CT molecular complexity index is 1260. The van der Waals surface area contributed by atoms with E-state index in [4.69, 9.17) is 22.1 Å². The first-order valence-corrected chi connectivity index (χ1v) is 11.2. The highest BCUT2D eigenvalue weighted by molar-refractivity contribution is 6.30. The second kappa shape index (κ2) is 7.78. The third-order valence-electron chi connectivity index (χ3n) is 6.39. The van der Waals surface area contributed by atoms with Crippen LogP contribution in [-0.2, 0) is 24.5 Å². The molecular weight excluding hydrogens is 442 g/mol. The average Bonchev–Trinajstić information content (AvgIpc) is 3.07. The number of carbonyl (C=O) groups is 3. The zero-order valence-electron chi connectivity index (χ0n) is 18.0. The van der Waals surface area contributed by atoms with Crippen molar-refractivity contribution in [2.24, 2.45) is 5.73 Å². The number of nitrogens with one attached hydrogen (secondary N) is 1. The predicted octanol–water partition coefficient (Wildman–Crippen LogP) is 3.79. The number of amides is 1. The first-order chi connectivity index (χ1) is 15.9. The molecule has 1 amide bonds. The molecule has 3 N–H and O–H groups in total. The van der Waals surface area contributed by atoms with Gasteiger partial charge in [-0.05, 0) is 50.1 Å². The summed E-state index contributed by atoms with van der Waals surface area (Å²) in [6.07, 6.45) is 1.42. The molecule has 7 nitrogen and oxygen atoms in total. The molecule has 0 saturated carbocycles. The Kier molecular flexibility index (Phi) is 5.01. The number of benzene rings is 2. The number of halogens is 1. The second-order valence-corrected chi connectivity index (χ2v) is 8.58. The van der Waals surface area contributed by atoms with Gasteiger partial charge in [0.2, 0.25) is 5.91 Å². The molecule has 0 bridgehead atoms. The van der Waals surface area contributed by atoms with Crippen LogP contribution in [0.4, 0.5) is 11.4 Å². The summed E-state index contributed by atoms with van der Waals surface area (Å²) >= 11 is 6.09. The predicted molar refractivity (Wildman–Crippen MR) is 124 cm³/mol. The number of para-hydroxylation sites is 1. The molecule has 168 valence electrons. The highest BCUT2D eigenvalue weighted by Crippen LogP contribution is 2.55. The molecule has 0 aromatic heterocycles. The standard InChI is InChI=1S/C25H22ClN3O4/c1-2-33-23(31)21-22(27)29(15-12-10-14(26)11-13-15)18-8-5-9-19(30)20(18)25(21)16-6-3-4-7-17(16)28-24(25)32/h3-4,6-7,10-13H,2,5,8-9,27H2,1H3,(H,28,32). The molecule has 2 aromatic rings. The van der Waals surface area contributed by atoms with Crippen LogP contribution in [0.1, 0.15) is 31.7 Å². The van der Waals surface area contributed by atoms with E-state index in [9.17, 15) is 14.4 Å². The van der Waals surface area contributed by atoms with Gasteiger partial charge in [0.05, 0.1) is 6.61 Å². The Balaban J connectivity index is 1.89. The van der Waals surface area contributed by atoms with E-state index in [0.29, 0.717) is 40.5 Å². The molecular formula is C25H22ClN3O4. The van der Waals surface area contributed by atoms with Gasteiger partial charge in [0, 0.05) is 39.7 Å². The zero-order valence-corrected chi connectivity index (χ0v) is 18.7. The SMILES string of the molecule is CCOC(=O)C1=C(N)N(c2ccc(Cl)cc2)C2=C(C(=O)CCC2)C12C(=O)Nc1ccccc12. The lowest BCUT2D eigenvalue weighted by Gasteiger charge is -2.44. The maximum absolute atomic E-state index is 13.7. The summed E-state index contributed by atoms with van der Waals surface area (Å²) in [5.74, 6) is -1.33. The van der Waals surface area contributed by atoms with Gasteiger partial charge in [-0.3, -0.25) is 14.5 Å². The number of allylic oxidation sites excluding steroid dienone is 1. The Morgan fingerprint density at radius 3 is 2.61 bits per heavy atom. The van der Waals surface area contributed by atoms with Crippen molar-refractivity contribution in [2.75, 3.05) is 16.8 Å². The highest BCUT2D eigenvalue weighted by Gasteiger charge is 2.61. The smallest absolute Gasteiger partial charge is 0.339 e. The van der Waals surface area contributed by atoms with E-state index in [1.165, 1.54) is 0 Å². The van der Waals surface area contributed by atoms with Crippen molar-refractivity contribution in [3.05, 3.63) is 81.8 Å². The molecule has 0 radical (unpaired) electrons. The average molecular weight is 464 g/mol. The number of ketones is 1. The molecule has 1 unspecified atom stereocenters. The number of anilines is 2. The molecule has 2 aromatic carbocycles. The van der Waals surface area contributed by atoms with Crippen LogP contribution in [0.3, 0.4) is 0 Å². The van der Waals surface area contributed by atoms with E-state index in [0.717, 1.165) is 0 Å². The van der Waals surface area contributed by atoms with Crippen LogP contribution in [0.25, 0.3) is 0 Å². The lowest BCUT2D eigenvalue weighted by atomic mass is 9.63. The molecule has 1 aliphatic carbocycles. The monoisotopic (exact) mass is 463 g/mol. The fourth-order valence-corrected chi connectivity index (χ4v) is 5.28. The quantitative estimate of drug-likeness (QED) is 0.671. The van der Waals surface area contributed by atoms with Crippen molar-refractivity contribution in [3.63, 3.8) is 0 Å². The number of carbonyl (C=O) groups excluding carboxylic acids is 3. The molecule has 3 aliphatic rings. The zero-order chi connectivity index (χ0) is 23.3. The molecule has 0 saturated heterocycles. The molecule has 1 atom stereocenters. The summed E-state index contributed by atoms with van der Waals surface area (Å²) in [5.41, 5.74) is 7.60. The number of hydrogen-bond donors (Lipinski definition) is 2. The lowest BCUT2D eigenvalue weighted by Crippen LogP contribution is -2.53. The van der Waals surface area contributed by atoms with E-state index in [-0.39, 0.29) is 35.8 Å². The topological polar surface area (TPSA) is 102 Å². The number of esters is 1. The summed E-state index contributed by atoms with van der Waals surface area (Å²) in [5, 5.41) is 3.40. The van der Waals surface area contributed by atoms with Crippen molar-refractivity contribution in [3.8, 4) is 0 Å². The van der Waals surface area contributed by atoms with Crippen molar-refractivity contribution < 1.29 is 19.1 Å². The van der Waals surface area contributed by atoms with Crippen LogP contribution in [-0.4, -0.2) is 24.3 Å². The lowest BCUT2D eigenvalue weighted by molar-refractivity contribution is -0.140. The van der Waals surface area contributed by atoms with Crippen LogP contribution in [0, 0.1) is 0 Å². The number of hydrogen-bond acceptors (Lipinski definition) is 6. The fourth-order valence-electron chi connectivity index (χ4n) is 5.15. The second-order valence-electron chi connectivity index (χ2n) is 8.14. The first kappa shape index (κ1) is 21.3. The van der Waals surface area contributed by atoms with Crippen molar-refractivity contribution in [2.45, 2.75) is 31.6 Å². The first-order valence-electron chi connectivity index (χ1n) is 10.8. The molecule has 2 aliphatic heterocycles. The van der Waals surface area contributed by atoms with Crippen molar-refractivity contribution in [1.82, 2.24) is 0 Å². The number of rotatable bonds is 3. The van der Waals surface area contributed by atoms with Gasteiger partial charge < -0.3 is 15.8 Å². The van der Waals surface area contributed by atoms with E-state index in [1.807, 2.05) is 0 Å². The number of nitrogens with zero attached hydrogens (tertiary/aromatic N) is 1. The van der Waals surface area contributed by atoms with Gasteiger partial charge in [0.15, 0.2) is 5.78 Å². The number of fused-ring (bicyclic) bond motifs is 3. The van der Waals surface area contributed by atoms with Gasteiger partial charge >= 0.3 is 5.97 Å². The number of nitrogens with two attached hydrogens (primary N) is 1. The van der Waals surface area contributed by atoms with Gasteiger partial charge in [-0.15, -0.1) is 0 Å². The number of Topliss-reactive ketones (excluding diaryl/α,β-unsaturated/α-hetero) is 1. The molecule has 2 heterocycles. The maximum Gasteiger partial charge on any atom is 0.339 e. The van der Waals surface area contributed by atoms with Gasteiger partial charge in [0.25, 0.3) is 0 Å². The number of ether oxygens (including phenoxy) is 1. The summed E-state index contributed by atoms with van der Waals surface area (Å²) < 4.78 is 5.38. The molecule has 33 heavy (non-hydrogen) atoms. The molecule has 0 fully saturated rings. The molecule has 1 spiro atoms. The molecule has 8 heteroatoms. The summed E-state index contributed by atoms with van der Waals surface area (Å²) in [6.45, 7) is 1.77. The van der Waals surface area contributed by atoms with Crippen molar-refractivity contribution in [1.29, 1.82) is 0 Å². The normalized spacial score (nSPS) is 21.8. The largest absolute Gasteiger partial charge is 0.462 e. The molecule has 5 rings (SSSR count). The Morgan fingerprint density at radius 2 is 1.88 bits per heavy atom. The van der Waals surface area contributed by atoms with Crippen LogP contribution in [0.15, 0.2) is 71.2 Å².